The minimum absolute atomic E-state index is 0.187. The smallest absolute Gasteiger partial charge is 0.416 e. The number of benzene rings is 1. The fraction of sp³-hybridized carbons (Fsp3) is 0.167. The minimum Gasteiger partial charge on any atom is -0.448 e. The van der Waals surface area contributed by atoms with Gasteiger partial charge in [0.2, 0.25) is 0 Å². The fourth-order valence-electron chi connectivity index (χ4n) is 1.54. The van der Waals surface area contributed by atoms with Crippen LogP contribution < -0.4 is 5.73 Å². The molecule has 6 heteroatoms. The molecule has 1 atom stereocenters. The highest BCUT2D eigenvalue weighted by atomic mass is 35.5. The standard InChI is InChI=1S/C12H9ClF3NO/c13-10-6-5-9(18-10)11(17)7-1-3-8(4-2-7)12(14,15)16/h1-6,11H,17H2. The second-order valence-corrected chi connectivity index (χ2v) is 4.11. The zero-order valence-electron chi connectivity index (χ0n) is 9.04. The van der Waals surface area contributed by atoms with E-state index in [1.165, 1.54) is 18.2 Å². The van der Waals surface area contributed by atoms with Gasteiger partial charge in [-0.2, -0.15) is 13.2 Å². The van der Waals surface area contributed by atoms with Crippen molar-refractivity contribution in [3.63, 3.8) is 0 Å². The highest BCUT2D eigenvalue weighted by Gasteiger charge is 2.30. The number of furan rings is 1. The number of hydrogen-bond donors (Lipinski definition) is 1. The van der Waals surface area contributed by atoms with Crippen LogP contribution in [0.5, 0.6) is 0 Å². The Kier molecular flexibility index (Phi) is 3.36. The van der Waals surface area contributed by atoms with Crippen molar-refractivity contribution < 1.29 is 17.6 Å². The topological polar surface area (TPSA) is 39.2 Å². The van der Waals surface area contributed by atoms with E-state index in [1.807, 2.05) is 0 Å². The van der Waals surface area contributed by atoms with Gasteiger partial charge in [-0.1, -0.05) is 12.1 Å². The summed E-state index contributed by atoms with van der Waals surface area (Å²) >= 11 is 5.61. The zero-order chi connectivity index (χ0) is 13.3. The molecule has 2 nitrogen and oxygen atoms in total. The van der Waals surface area contributed by atoms with Crippen LogP contribution in [0.3, 0.4) is 0 Å². The van der Waals surface area contributed by atoms with Crippen molar-refractivity contribution in [3.8, 4) is 0 Å². The molecule has 0 aliphatic rings. The SMILES string of the molecule is NC(c1ccc(C(F)(F)F)cc1)c1ccc(Cl)o1. The third-order valence-corrected chi connectivity index (χ3v) is 2.70. The van der Waals surface area contributed by atoms with E-state index in [0.29, 0.717) is 11.3 Å². The lowest BCUT2D eigenvalue weighted by molar-refractivity contribution is -0.137. The van der Waals surface area contributed by atoms with E-state index in [4.69, 9.17) is 21.8 Å². The summed E-state index contributed by atoms with van der Waals surface area (Å²) < 4.78 is 42.3. The Morgan fingerprint density at radius 3 is 2.11 bits per heavy atom. The van der Waals surface area contributed by atoms with Crippen molar-refractivity contribution in [2.45, 2.75) is 12.2 Å². The Labute approximate surface area is 106 Å². The third kappa shape index (κ3) is 2.68. The van der Waals surface area contributed by atoms with Crippen molar-refractivity contribution in [2.24, 2.45) is 5.73 Å². The van der Waals surface area contributed by atoms with Gasteiger partial charge in [-0.15, -0.1) is 0 Å². The van der Waals surface area contributed by atoms with Gasteiger partial charge in [0.15, 0.2) is 5.22 Å². The number of alkyl halides is 3. The van der Waals surface area contributed by atoms with Crippen molar-refractivity contribution in [3.05, 3.63) is 58.5 Å². The average Bonchev–Trinajstić information content (AvgIpc) is 2.74. The first-order valence-corrected chi connectivity index (χ1v) is 5.43. The van der Waals surface area contributed by atoms with Crippen LogP contribution in [0.4, 0.5) is 13.2 Å². The molecule has 0 radical (unpaired) electrons. The zero-order valence-corrected chi connectivity index (χ0v) is 9.79. The van der Waals surface area contributed by atoms with Crippen LogP contribution in [0.2, 0.25) is 5.22 Å². The Balaban J connectivity index is 2.24. The molecule has 18 heavy (non-hydrogen) atoms. The van der Waals surface area contributed by atoms with Crippen LogP contribution in [0.25, 0.3) is 0 Å². The predicted molar refractivity (Wildman–Crippen MR) is 61.2 cm³/mol. The lowest BCUT2D eigenvalue weighted by atomic mass is 10.0. The van der Waals surface area contributed by atoms with Crippen molar-refractivity contribution in [1.82, 2.24) is 0 Å². The van der Waals surface area contributed by atoms with Gasteiger partial charge in [0.25, 0.3) is 0 Å². The first kappa shape index (κ1) is 13.0. The van der Waals surface area contributed by atoms with Crippen LogP contribution in [-0.4, -0.2) is 0 Å². The number of hydrogen-bond acceptors (Lipinski definition) is 2. The molecule has 0 bridgehead atoms. The number of nitrogens with two attached hydrogens (primary N) is 1. The van der Waals surface area contributed by atoms with E-state index >= 15 is 0 Å². The van der Waals surface area contributed by atoms with Gasteiger partial charge in [0.1, 0.15) is 5.76 Å². The van der Waals surface area contributed by atoms with Gasteiger partial charge in [-0.3, -0.25) is 0 Å². The van der Waals surface area contributed by atoms with Gasteiger partial charge in [0, 0.05) is 0 Å². The normalized spacial score (nSPS) is 13.6. The summed E-state index contributed by atoms with van der Waals surface area (Å²) in [5, 5.41) is 0.187. The largest absolute Gasteiger partial charge is 0.448 e. The van der Waals surface area contributed by atoms with Crippen LogP contribution in [0, 0.1) is 0 Å². The van der Waals surface area contributed by atoms with Crippen molar-refractivity contribution in [2.75, 3.05) is 0 Å². The summed E-state index contributed by atoms with van der Waals surface area (Å²) in [6.45, 7) is 0. The molecule has 0 saturated heterocycles. The molecule has 1 unspecified atom stereocenters. The second-order valence-electron chi connectivity index (χ2n) is 3.74. The Bertz CT molecular complexity index is 533. The first-order chi connectivity index (χ1) is 8.38. The summed E-state index contributed by atoms with van der Waals surface area (Å²) in [4.78, 5) is 0. The first-order valence-electron chi connectivity index (χ1n) is 5.06. The van der Waals surface area contributed by atoms with Crippen LogP contribution in [0.1, 0.15) is 22.9 Å². The summed E-state index contributed by atoms with van der Waals surface area (Å²) in [5.41, 5.74) is 5.67. The Morgan fingerprint density at radius 2 is 1.67 bits per heavy atom. The maximum atomic E-state index is 12.4. The van der Waals surface area contributed by atoms with Gasteiger partial charge in [-0.05, 0) is 41.4 Å². The van der Waals surface area contributed by atoms with Gasteiger partial charge in [-0.25, -0.2) is 0 Å². The Hall–Kier alpha value is -1.46. The van der Waals surface area contributed by atoms with Gasteiger partial charge >= 0.3 is 6.18 Å². The summed E-state index contributed by atoms with van der Waals surface area (Å²) in [6, 6.07) is 7.10. The second kappa shape index (κ2) is 4.66. The molecule has 1 heterocycles. The van der Waals surface area contributed by atoms with E-state index in [1.54, 1.807) is 6.07 Å². The van der Waals surface area contributed by atoms with Crippen LogP contribution in [0.15, 0.2) is 40.8 Å². The molecule has 2 aromatic rings. The van der Waals surface area contributed by atoms with E-state index in [2.05, 4.69) is 0 Å². The van der Waals surface area contributed by atoms with E-state index < -0.39 is 17.8 Å². The minimum atomic E-state index is -4.35. The molecule has 2 N–H and O–H groups in total. The molecule has 1 aromatic carbocycles. The quantitative estimate of drug-likeness (QED) is 0.900. The molecule has 0 aliphatic heterocycles. The van der Waals surface area contributed by atoms with E-state index in [-0.39, 0.29) is 5.22 Å². The summed E-state index contributed by atoms with van der Waals surface area (Å²) in [6.07, 6.45) is -4.35. The predicted octanol–water partition coefficient (Wildman–Crippen LogP) is 4.00. The maximum absolute atomic E-state index is 12.4. The van der Waals surface area contributed by atoms with Gasteiger partial charge < -0.3 is 10.2 Å². The summed E-state index contributed by atoms with van der Waals surface area (Å²) in [7, 11) is 0. The van der Waals surface area contributed by atoms with Crippen molar-refractivity contribution in [1.29, 1.82) is 0 Å². The molecule has 1 aromatic heterocycles. The molecule has 96 valence electrons. The monoisotopic (exact) mass is 275 g/mol. The highest BCUT2D eigenvalue weighted by molar-refractivity contribution is 6.28. The Morgan fingerprint density at radius 1 is 1.06 bits per heavy atom. The molecule has 2 rings (SSSR count). The number of halogens is 4. The number of rotatable bonds is 2. The molecule has 0 amide bonds. The molecular formula is C12H9ClF3NO. The third-order valence-electron chi connectivity index (χ3n) is 2.50. The molecular weight excluding hydrogens is 267 g/mol. The lowest BCUT2D eigenvalue weighted by Crippen LogP contribution is -2.12. The molecule has 0 spiro atoms. The molecule has 0 aliphatic carbocycles. The lowest BCUT2D eigenvalue weighted by Gasteiger charge is -2.11. The van der Waals surface area contributed by atoms with Crippen LogP contribution in [-0.2, 0) is 6.18 Å². The molecule has 0 fully saturated rings. The maximum Gasteiger partial charge on any atom is 0.416 e. The highest BCUT2D eigenvalue weighted by Crippen LogP contribution is 2.31. The average molecular weight is 276 g/mol. The summed E-state index contributed by atoms with van der Waals surface area (Å²) in [5.74, 6) is 0.403. The van der Waals surface area contributed by atoms with E-state index in [9.17, 15) is 13.2 Å². The van der Waals surface area contributed by atoms with Crippen molar-refractivity contribution >= 4 is 11.6 Å². The van der Waals surface area contributed by atoms with Gasteiger partial charge in [0.05, 0.1) is 11.6 Å². The van der Waals surface area contributed by atoms with E-state index in [0.717, 1.165) is 12.1 Å². The fourth-order valence-corrected chi connectivity index (χ4v) is 1.69. The molecule has 0 saturated carbocycles. The van der Waals surface area contributed by atoms with Crippen LogP contribution >= 0.6 is 11.6 Å².